The van der Waals surface area contributed by atoms with Crippen LogP contribution >= 0.6 is 12.4 Å². The van der Waals surface area contributed by atoms with Crippen molar-refractivity contribution < 1.29 is 13.9 Å². The van der Waals surface area contributed by atoms with Crippen molar-refractivity contribution in [3.63, 3.8) is 0 Å². The van der Waals surface area contributed by atoms with Crippen LogP contribution in [0.1, 0.15) is 18.9 Å². The van der Waals surface area contributed by atoms with E-state index in [2.05, 4.69) is 10.6 Å². The minimum absolute atomic E-state index is 0. The van der Waals surface area contributed by atoms with Gasteiger partial charge in [-0.05, 0) is 31.7 Å². The number of amides is 1. The Hall–Kier alpha value is -1.33. The van der Waals surface area contributed by atoms with Crippen molar-refractivity contribution in [2.45, 2.75) is 19.9 Å². The largest absolute Gasteiger partial charge is 0.491 e. The van der Waals surface area contributed by atoms with Gasteiger partial charge < -0.3 is 15.4 Å². The average Bonchev–Trinajstić information content (AvgIpc) is 2.37. The monoisotopic (exact) mass is 290 g/mol. The normalized spacial score (nSPS) is 9.63. The first-order valence-corrected chi connectivity index (χ1v) is 6.00. The van der Waals surface area contributed by atoms with Crippen LogP contribution in [0.15, 0.2) is 18.2 Å². The molecule has 1 aromatic carbocycles. The van der Waals surface area contributed by atoms with Crippen LogP contribution in [-0.4, -0.2) is 26.1 Å². The Morgan fingerprint density at radius 1 is 1.42 bits per heavy atom. The lowest BCUT2D eigenvalue weighted by Crippen LogP contribution is -2.26. The maximum Gasteiger partial charge on any atom is 0.221 e. The summed E-state index contributed by atoms with van der Waals surface area (Å²) >= 11 is 0. The molecule has 0 spiro atoms. The van der Waals surface area contributed by atoms with Crippen molar-refractivity contribution in [1.29, 1.82) is 0 Å². The summed E-state index contributed by atoms with van der Waals surface area (Å²) in [7, 11) is 1.79. The van der Waals surface area contributed by atoms with Crippen molar-refractivity contribution in [3.8, 4) is 5.75 Å². The molecule has 19 heavy (non-hydrogen) atoms. The summed E-state index contributed by atoms with van der Waals surface area (Å²) in [4.78, 5) is 11.4. The fraction of sp³-hybridized carbons (Fsp3) is 0.462. The first-order chi connectivity index (χ1) is 8.67. The van der Waals surface area contributed by atoms with E-state index in [4.69, 9.17) is 4.74 Å². The summed E-state index contributed by atoms with van der Waals surface area (Å²) in [5, 5.41) is 5.62. The number of carbonyl (C=O) groups excluding carboxylic acids is 1. The lowest BCUT2D eigenvalue weighted by atomic mass is 10.2. The molecule has 0 radical (unpaired) electrons. The minimum Gasteiger partial charge on any atom is -0.491 e. The van der Waals surface area contributed by atoms with E-state index in [9.17, 15) is 9.18 Å². The molecule has 0 heterocycles. The van der Waals surface area contributed by atoms with Crippen LogP contribution in [0.4, 0.5) is 4.39 Å². The summed E-state index contributed by atoms with van der Waals surface area (Å²) < 4.78 is 18.6. The highest BCUT2D eigenvalue weighted by molar-refractivity contribution is 5.85. The third kappa shape index (κ3) is 6.40. The second-order valence-corrected chi connectivity index (χ2v) is 3.83. The average molecular weight is 291 g/mol. The molecule has 1 amide bonds. The molecule has 0 aliphatic heterocycles. The van der Waals surface area contributed by atoms with Crippen LogP contribution in [0.2, 0.25) is 0 Å². The van der Waals surface area contributed by atoms with E-state index in [1.54, 1.807) is 26.1 Å². The summed E-state index contributed by atoms with van der Waals surface area (Å²) in [5.41, 5.74) is 0.716. The van der Waals surface area contributed by atoms with Gasteiger partial charge in [-0.2, -0.15) is 0 Å². The van der Waals surface area contributed by atoms with Crippen molar-refractivity contribution in [3.05, 3.63) is 29.6 Å². The van der Waals surface area contributed by atoms with Gasteiger partial charge >= 0.3 is 0 Å². The zero-order valence-electron chi connectivity index (χ0n) is 11.2. The van der Waals surface area contributed by atoms with E-state index in [1.807, 2.05) is 0 Å². The maximum atomic E-state index is 13.5. The molecular weight excluding hydrogens is 271 g/mol. The summed E-state index contributed by atoms with van der Waals surface area (Å²) in [6.07, 6.45) is 0.413. The molecule has 1 rings (SSSR count). The van der Waals surface area contributed by atoms with Crippen LogP contribution in [0.3, 0.4) is 0 Å². The smallest absolute Gasteiger partial charge is 0.221 e. The predicted molar refractivity (Wildman–Crippen MR) is 75.2 cm³/mol. The van der Waals surface area contributed by atoms with Gasteiger partial charge in [0.15, 0.2) is 11.6 Å². The molecule has 0 fully saturated rings. The molecule has 0 aliphatic rings. The van der Waals surface area contributed by atoms with Gasteiger partial charge in [0.05, 0.1) is 6.61 Å². The van der Waals surface area contributed by atoms with Gasteiger partial charge in [-0.25, -0.2) is 4.39 Å². The summed E-state index contributed by atoms with van der Waals surface area (Å²) in [6, 6.07) is 4.70. The fourth-order valence-corrected chi connectivity index (χ4v) is 1.45. The van der Waals surface area contributed by atoms with Gasteiger partial charge in [-0.15, -0.1) is 12.4 Å². The van der Waals surface area contributed by atoms with Gasteiger partial charge in [0.2, 0.25) is 5.91 Å². The third-order valence-corrected chi connectivity index (χ3v) is 2.39. The zero-order valence-corrected chi connectivity index (χ0v) is 12.0. The summed E-state index contributed by atoms with van der Waals surface area (Å²) in [5.74, 6) is -0.222. The molecule has 1 aromatic rings. The highest BCUT2D eigenvalue weighted by atomic mass is 35.5. The van der Waals surface area contributed by atoms with E-state index in [0.29, 0.717) is 31.7 Å². The van der Waals surface area contributed by atoms with E-state index in [-0.39, 0.29) is 24.1 Å². The van der Waals surface area contributed by atoms with Crippen LogP contribution in [0, 0.1) is 5.82 Å². The topological polar surface area (TPSA) is 50.4 Å². The molecule has 0 atom stereocenters. The number of halogens is 2. The van der Waals surface area contributed by atoms with Gasteiger partial charge in [0.25, 0.3) is 0 Å². The number of nitrogens with one attached hydrogen (secondary N) is 2. The lowest BCUT2D eigenvalue weighted by Gasteiger charge is -2.08. The van der Waals surface area contributed by atoms with Crippen molar-refractivity contribution in [2.75, 3.05) is 20.2 Å². The van der Waals surface area contributed by atoms with Crippen molar-refractivity contribution in [2.24, 2.45) is 0 Å². The van der Waals surface area contributed by atoms with Gasteiger partial charge in [0, 0.05) is 19.5 Å². The van der Waals surface area contributed by atoms with Crippen LogP contribution < -0.4 is 15.4 Å². The maximum absolute atomic E-state index is 13.5. The fourth-order valence-electron chi connectivity index (χ4n) is 1.45. The van der Waals surface area contributed by atoms with Gasteiger partial charge in [-0.1, -0.05) is 6.07 Å². The Morgan fingerprint density at radius 2 is 2.16 bits per heavy atom. The first-order valence-electron chi connectivity index (χ1n) is 6.00. The van der Waals surface area contributed by atoms with Gasteiger partial charge in [-0.3, -0.25) is 4.79 Å². The molecule has 0 saturated heterocycles. The molecule has 0 saturated carbocycles. The number of hydrogen-bond acceptors (Lipinski definition) is 3. The lowest BCUT2D eigenvalue weighted by molar-refractivity contribution is -0.121. The highest BCUT2D eigenvalue weighted by Crippen LogP contribution is 2.18. The molecular formula is C13H20ClFN2O2. The van der Waals surface area contributed by atoms with E-state index in [1.165, 1.54) is 6.07 Å². The number of benzene rings is 1. The predicted octanol–water partition coefficient (Wildman–Crippen LogP) is 1.87. The standard InChI is InChI=1S/C13H19FN2O2.ClH/c1-3-18-12-5-4-10(8-11(12)14)9-16-13(17)6-7-15-2;/h4-5,8,15H,3,6-7,9H2,1-2H3,(H,16,17);1H. The van der Waals surface area contributed by atoms with Crippen molar-refractivity contribution >= 4 is 18.3 Å². The quantitative estimate of drug-likeness (QED) is 0.806. The SMILES string of the molecule is CCOc1ccc(CNC(=O)CCNC)cc1F.Cl. The van der Waals surface area contributed by atoms with E-state index < -0.39 is 5.82 Å². The molecule has 0 aliphatic carbocycles. The third-order valence-electron chi connectivity index (χ3n) is 2.39. The van der Waals surface area contributed by atoms with Crippen LogP contribution in [-0.2, 0) is 11.3 Å². The molecule has 0 aromatic heterocycles. The summed E-state index contributed by atoms with van der Waals surface area (Å²) in [6.45, 7) is 3.18. The number of hydrogen-bond donors (Lipinski definition) is 2. The Bertz CT molecular complexity index is 402. The van der Waals surface area contributed by atoms with E-state index in [0.717, 1.165) is 0 Å². The molecule has 2 N–H and O–H groups in total. The Balaban J connectivity index is 0.00000324. The number of carbonyl (C=O) groups is 1. The van der Waals surface area contributed by atoms with Crippen LogP contribution in [0.5, 0.6) is 5.75 Å². The van der Waals surface area contributed by atoms with Crippen LogP contribution in [0.25, 0.3) is 0 Å². The second-order valence-electron chi connectivity index (χ2n) is 3.83. The Labute approximate surface area is 119 Å². The molecule has 0 unspecified atom stereocenters. The molecule has 108 valence electrons. The Kier molecular flexibility index (Phi) is 8.91. The zero-order chi connectivity index (χ0) is 13.4. The minimum atomic E-state index is -0.404. The van der Waals surface area contributed by atoms with E-state index >= 15 is 0 Å². The Morgan fingerprint density at radius 3 is 2.74 bits per heavy atom. The number of rotatable bonds is 7. The van der Waals surface area contributed by atoms with Gasteiger partial charge in [0.1, 0.15) is 0 Å². The highest BCUT2D eigenvalue weighted by Gasteiger charge is 2.05. The van der Waals surface area contributed by atoms with Crippen molar-refractivity contribution in [1.82, 2.24) is 10.6 Å². The number of ether oxygens (including phenoxy) is 1. The second kappa shape index (κ2) is 9.58. The first kappa shape index (κ1) is 17.7. The molecule has 4 nitrogen and oxygen atoms in total. The molecule has 0 bridgehead atoms. The molecule has 6 heteroatoms.